The highest BCUT2D eigenvalue weighted by Crippen LogP contribution is 2.21. The van der Waals surface area contributed by atoms with Gasteiger partial charge in [-0.25, -0.2) is 0 Å². The van der Waals surface area contributed by atoms with Crippen LogP contribution >= 0.6 is 0 Å². The maximum absolute atomic E-state index is 5.80. The molecule has 4 heteroatoms. The van der Waals surface area contributed by atoms with Gasteiger partial charge >= 0.3 is 0 Å². The Morgan fingerprint density at radius 3 is 2.70 bits per heavy atom. The average Bonchev–Trinajstić information content (AvgIpc) is 3.02. The standard InChI is InChI=1S/C16H24N2O2/c1-2-15(19-12-1)7-13-20-16-5-3-14(4-6-16)18-10-8-17-9-11-18/h3-6,15,17H,1-2,7-13H2. The molecular weight excluding hydrogens is 252 g/mol. The average molecular weight is 276 g/mol. The highest BCUT2D eigenvalue weighted by molar-refractivity contribution is 5.49. The smallest absolute Gasteiger partial charge is 0.119 e. The van der Waals surface area contributed by atoms with Crippen molar-refractivity contribution in [1.29, 1.82) is 0 Å². The van der Waals surface area contributed by atoms with Crippen LogP contribution in [0.25, 0.3) is 0 Å². The molecule has 0 aliphatic carbocycles. The first kappa shape index (κ1) is 13.7. The first-order chi connectivity index (χ1) is 9.92. The number of nitrogens with one attached hydrogen (secondary N) is 1. The normalized spacial score (nSPS) is 23.0. The largest absolute Gasteiger partial charge is 0.493 e. The van der Waals surface area contributed by atoms with E-state index in [2.05, 4.69) is 34.5 Å². The minimum Gasteiger partial charge on any atom is -0.493 e. The number of nitrogens with zero attached hydrogens (tertiary/aromatic N) is 1. The molecule has 1 atom stereocenters. The summed E-state index contributed by atoms with van der Waals surface area (Å²) < 4.78 is 11.4. The van der Waals surface area contributed by atoms with E-state index in [1.807, 2.05) is 0 Å². The molecule has 0 saturated carbocycles. The third-order valence-electron chi connectivity index (χ3n) is 4.05. The highest BCUT2D eigenvalue weighted by Gasteiger charge is 2.15. The summed E-state index contributed by atoms with van der Waals surface area (Å²) in [4.78, 5) is 2.41. The van der Waals surface area contributed by atoms with Crippen LogP contribution in [0.4, 0.5) is 5.69 Å². The number of anilines is 1. The molecule has 2 saturated heterocycles. The Morgan fingerprint density at radius 1 is 1.20 bits per heavy atom. The Kier molecular flexibility index (Phi) is 4.77. The zero-order valence-corrected chi connectivity index (χ0v) is 12.0. The van der Waals surface area contributed by atoms with Gasteiger partial charge in [0.25, 0.3) is 0 Å². The molecule has 2 aliphatic heterocycles. The lowest BCUT2D eigenvalue weighted by molar-refractivity contribution is 0.0903. The van der Waals surface area contributed by atoms with Gasteiger partial charge in [0.2, 0.25) is 0 Å². The highest BCUT2D eigenvalue weighted by atomic mass is 16.5. The number of rotatable bonds is 5. The summed E-state index contributed by atoms with van der Waals surface area (Å²) in [6.45, 7) is 5.97. The number of ether oxygens (including phenoxy) is 2. The monoisotopic (exact) mass is 276 g/mol. The van der Waals surface area contributed by atoms with Crippen molar-refractivity contribution < 1.29 is 9.47 Å². The van der Waals surface area contributed by atoms with Crippen molar-refractivity contribution in [2.75, 3.05) is 44.3 Å². The van der Waals surface area contributed by atoms with Gasteiger partial charge < -0.3 is 19.7 Å². The molecule has 0 radical (unpaired) electrons. The van der Waals surface area contributed by atoms with E-state index in [1.54, 1.807) is 0 Å². The molecule has 0 aromatic heterocycles. The minimum absolute atomic E-state index is 0.412. The SMILES string of the molecule is c1cc(N2CCNCC2)ccc1OCCC1CCCO1. The summed E-state index contributed by atoms with van der Waals surface area (Å²) in [5.41, 5.74) is 1.29. The molecule has 2 fully saturated rings. The van der Waals surface area contributed by atoms with Crippen molar-refractivity contribution in [2.45, 2.75) is 25.4 Å². The van der Waals surface area contributed by atoms with Gasteiger partial charge in [0.15, 0.2) is 0 Å². The third-order valence-corrected chi connectivity index (χ3v) is 4.05. The predicted octanol–water partition coefficient (Wildman–Crippen LogP) is 2.04. The molecule has 2 aliphatic rings. The first-order valence-electron chi connectivity index (χ1n) is 7.72. The fourth-order valence-electron chi connectivity index (χ4n) is 2.86. The van der Waals surface area contributed by atoms with Crippen LogP contribution in [-0.4, -0.2) is 45.5 Å². The van der Waals surface area contributed by atoms with Gasteiger partial charge in [-0.2, -0.15) is 0 Å². The molecule has 1 aromatic carbocycles. The maximum atomic E-state index is 5.80. The summed E-state index contributed by atoms with van der Waals surface area (Å²) >= 11 is 0. The quantitative estimate of drug-likeness (QED) is 0.892. The Balaban J connectivity index is 1.45. The van der Waals surface area contributed by atoms with Crippen molar-refractivity contribution >= 4 is 5.69 Å². The van der Waals surface area contributed by atoms with Crippen molar-refractivity contribution in [2.24, 2.45) is 0 Å². The van der Waals surface area contributed by atoms with Crippen LogP contribution in [0.1, 0.15) is 19.3 Å². The van der Waals surface area contributed by atoms with E-state index in [-0.39, 0.29) is 0 Å². The lowest BCUT2D eigenvalue weighted by atomic mass is 10.2. The molecule has 0 bridgehead atoms. The molecule has 110 valence electrons. The van der Waals surface area contributed by atoms with Gasteiger partial charge in [0, 0.05) is 44.9 Å². The third kappa shape index (κ3) is 3.64. The van der Waals surface area contributed by atoms with Crippen molar-refractivity contribution in [3.05, 3.63) is 24.3 Å². The van der Waals surface area contributed by atoms with Gasteiger partial charge in [0.05, 0.1) is 12.7 Å². The second kappa shape index (κ2) is 6.95. The van der Waals surface area contributed by atoms with Crippen LogP contribution < -0.4 is 15.0 Å². The Hall–Kier alpha value is -1.26. The Bertz CT molecular complexity index is 395. The topological polar surface area (TPSA) is 33.7 Å². The molecule has 1 unspecified atom stereocenters. The van der Waals surface area contributed by atoms with Crippen molar-refractivity contribution in [3.63, 3.8) is 0 Å². The Labute approximate surface area is 121 Å². The van der Waals surface area contributed by atoms with Gasteiger partial charge in [-0.3, -0.25) is 0 Å². The van der Waals surface area contributed by atoms with E-state index >= 15 is 0 Å². The fourth-order valence-corrected chi connectivity index (χ4v) is 2.86. The van der Waals surface area contributed by atoms with E-state index in [4.69, 9.17) is 9.47 Å². The van der Waals surface area contributed by atoms with Crippen LogP contribution in [-0.2, 0) is 4.74 Å². The van der Waals surface area contributed by atoms with E-state index in [1.165, 1.54) is 18.5 Å². The summed E-state index contributed by atoms with van der Waals surface area (Å²) in [5, 5.41) is 3.37. The molecular formula is C16H24N2O2. The molecule has 20 heavy (non-hydrogen) atoms. The lowest BCUT2D eigenvalue weighted by Gasteiger charge is -2.29. The zero-order chi connectivity index (χ0) is 13.6. The number of hydrogen-bond acceptors (Lipinski definition) is 4. The van der Waals surface area contributed by atoms with Crippen LogP contribution in [0, 0.1) is 0 Å². The number of benzene rings is 1. The molecule has 2 heterocycles. The number of hydrogen-bond donors (Lipinski definition) is 1. The van der Waals surface area contributed by atoms with Crippen LogP contribution in [0.2, 0.25) is 0 Å². The fraction of sp³-hybridized carbons (Fsp3) is 0.625. The van der Waals surface area contributed by atoms with Gasteiger partial charge in [0.1, 0.15) is 5.75 Å². The van der Waals surface area contributed by atoms with Gasteiger partial charge in [-0.15, -0.1) is 0 Å². The summed E-state index contributed by atoms with van der Waals surface area (Å²) in [6.07, 6.45) is 3.80. The second-order valence-electron chi connectivity index (χ2n) is 5.50. The first-order valence-corrected chi connectivity index (χ1v) is 7.72. The summed E-state index contributed by atoms with van der Waals surface area (Å²) in [5.74, 6) is 0.960. The minimum atomic E-state index is 0.412. The van der Waals surface area contributed by atoms with E-state index in [9.17, 15) is 0 Å². The molecule has 1 N–H and O–H groups in total. The lowest BCUT2D eigenvalue weighted by Crippen LogP contribution is -2.43. The van der Waals surface area contributed by atoms with E-state index < -0.39 is 0 Å². The van der Waals surface area contributed by atoms with Crippen LogP contribution in [0.5, 0.6) is 5.75 Å². The summed E-state index contributed by atoms with van der Waals surface area (Å²) in [6, 6.07) is 8.47. The van der Waals surface area contributed by atoms with E-state index in [0.29, 0.717) is 6.10 Å². The van der Waals surface area contributed by atoms with Gasteiger partial charge in [-0.1, -0.05) is 0 Å². The number of piperazine rings is 1. The van der Waals surface area contributed by atoms with Crippen molar-refractivity contribution in [3.8, 4) is 5.75 Å². The molecule has 4 nitrogen and oxygen atoms in total. The summed E-state index contributed by atoms with van der Waals surface area (Å²) in [7, 11) is 0. The Morgan fingerprint density at radius 2 is 2.00 bits per heavy atom. The molecule has 1 aromatic rings. The van der Waals surface area contributed by atoms with Crippen LogP contribution in [0.3, 0.4) is 0 Å². The second-order valence-corrected chi connectivity index (χ2v) is 5.50. The predicted molar refractivity (Wildman–Crippen MR) is 80.6 cm³/mol. The van der Waals surface area contributed by atoms with Crippen molar-refractivity contribution in [1.82, 2.24) is 5.32 Å². The molecule has 3 rings (SSSR count). The molecule has 0 amide bonds. The van der Waals surface area contributed by atoms with Crippen LogP contribution in [0.15, 0.2) is 24.3 Å². The maximum Gasteiger partial charge on any atom is 0.119 e. The molecule has 0 spiro atoms. The van der Waals surface area contributed by atoms with Gasteiger partial charge in [-0.05, 0) is 37.1 Å². The zero-order valence-electron chi connectivity index (χ0n) is 12.0. The van der Waals surface area contributed by atoms with E-state index in [0.717, 1.165) is 51.6 Å².